The van der Waals surface area contributed by atoms with Crippen LogP contribution in [0.1, 0.15) is 20.1 Å². The van der Waals surface area contributed by atoms with E-state index in [0.717, 1.165) is 17.0 Å². The fourth-order valence-electron chi connectivity index (χ4n) is 1.75. The van der Waals surface area contributed by atoms with E-state index in [2.05, 4.69) is 15.0 Å². The minimum absolute atomic E-state index is 0.0742. The van der Waals surface area contributed by atoms with Gasteiger partial charge in [0.05, 0.1) is 6.33 Å². The van der Waals surface area contributed by atoms with Gasteiger partial charge in [-0.25, -0.2) is 15.0 Å². The van der Waals surface area contributed by atoms with Crippen LogP contribution in [0.5, 0.6) is 0 Å². The van der Waals surface area contributed by atoms with Gasteiger partial charge < -0.3 is 9.64 Å². The molecule has 0 aliphatic carbocycles. The molecule has 0 radical (unpaired) electrons. The van der Waals surface area contributed by atoms with Crippen LogP contribution >= 0.6 is 0 Å². The molecule has 2 aromatic rings. The van der Waals surface area contributed by atoms with Crippen LogP contribution in [0.4, 0.5) is 5.82 Å². The van der Waals surface area contributed by atoms with Crippen LogP contribution < -0.4 is 4.90 Å². The Morgan fingerprint density at radius 3 is 2.76 bits per heavy atom. The van der Waals surface area contributed by atoms with E-state index in [4.69, 9.17) is 4.74 Å². The Kier molecular flexibility index (Phi) is 3.23. The van der Waals surface area contributed by atoms with Crippen LogP contribution in [-0.2, 0) is 4.74 Å². The van der Waals surface area contributed by atoms with E-state index in [0.29, 0.717) is 6.61 Å². The normalized spacial score (nSPS) is 12.9. The minimum atomic E-state index is -0.0742. The molecule has 2 heterocycles. The van der Waals surface area contributed by atoms with E-state index in [1.807, 2.05) is 37.4 Å². The first-order valence-electron chi connectivity index (χ1n) is 5.61. The third-order valence-electron chi connectivity index (χ3n) is 2.56. The minimum Gasteiger partial charge on any atom is -0.361 e. The van der Waals surface area contributed by atoms with Gasteiger partial charge in [-0.05, 0) is 13.8 Å². The number of imidazole rings is 1. The quantitative estimate of drug-likeness (QED) is 0.802. The maximum absolute atomic E-state index is 5.54. The lowest BCUT2D eigenvalue weighted by Gasteiger charge is -2.14. The molecule has 1 atom stereocenters. The van der Waals surface area contributed by atoms with E-state index in [1.165, 1.54) is 0 Å². The number of hydrogen-bond donors (Lipinski definition) is 0. The van der Waals surface area contributed by atoms with Crippen LogP contribution in [0.15, 0.2) is 12.7 Å². The van der Waals surface area contributed by atoms with E-state index < -0.39 is 0 Å². The Morgan fingerprint density at radius 2 is 2.12 bits per heavy atom. The van der Waals surface area contributed by atoms with Gasteiger partial charge in [0.15, 0.2) is 17.0 Å². The predicted octanol–water partition coefficient (Wildman–Crippen LogP) is 1.45. The molecule has 17 heavy (non-hydrogen) atoms. The van der Waals surface area contributed by atoms with Crippen molar-refractivity contribution in [3.05, 3.63) is 12.7 Å². The lowest BCUT2D eigenvalue weighted by molar-refractivity contribution is 0.0272. The molecule has 0 spiro atoms. The second-order valence-corrected chi connectivity index (χ2v) is 3.97. The molecule has 0 saturated heterocycles. The van der Waals surface area contributed by atoms with Crippen molar-refractivity contribution in [3.8, 4) is 0 Å². The van der Waals surface area contributed by atoms with Crippen molar-refractivity contribution in [2.24, 2.45) is 0 Å². The highest BCUT2D eigenvalue weighted by molar-refractivity contribution is 5.83. The maximum Gasteiger partial charge on any atom is 0.167 e. The molecular formula is C11H17N5O. The Labute approximate surface area is 100 Å². The molecule has 6 nitrogen and oxygen atoms in total. The van der Waals surface area contributed by atoms with Crippen LogP contribution in [0.3, 0.4) is 0 Å². The zero-order chi connectivity index (χ0) is 12.4. The first kappa shape index (κ1) is 11.8. The van der Waals surface area contributed by atoms with Gasteiger partial charge in [0, 0.05) is 20.7 Å². The number of rotatable bonds is 4. The molecule has 6 heteroatoms. The van der Waals surface area contributed by atoms with Gasteiger partial charge in [0.25, 0.3) is 0 Å². The largest absolute Gasteiger partial charge is 0.361 e. The first-order chi connectivity index (χ1) is 8.15. The van der Waals surface area contributed by atoms with E-state index >= 15 is 0 Å². The topological polar surface area (TPSA) is 56.1 Å². The summed E-state index contributed by atoms with van der Waals surface area (Å²) in [6.07, 6.45) is 3.22. The molecule has 2 aromatic heterocycles. The standard InChI is InChI=1S/C11H17N5O/c1-5-17-8(2)16-7-14-9-10(15(3)4)12-6-13-11(9)16/h6-8H,5H2,1-4H3. The van der Waals surface area contributed by atoms with Gasteiger partial charge in [-0.2, -0.15) is 0 Å². The predicted molar refractivity (Wildman–Crippen MR) is 66.0 cm³/mol. The second kappa shape index (κ2) is 4.67. The summed E-state index contributed by atoms with van der Waals surface area (Å²) in [5.74, 6) is 0.817. The molecule has 2 rings (SSSR count). The Balaban J connectivity index is 2.51. The van der Waals surface area contributed by atoms with Gasteiger partial charge in [-0.3, -0.25) is 4.57 Å². The maximum atomic E-state index is 5.54. The first-order valence-corrected chi connectivity index (χ1v) is 5.61. The summed E-state index contributed by atoms with van der Waals surface area (Å²) in [5, 5.41) is 0. The monoisotopic (exact) mass is 235 g/mol. The summed E-state index contributed by atoms with van der Waals surface area (Å²) < 4.78 is 7.45. The van der Waals surface area contributed by atoms with Gasteiger partial charge in [-0.1, -0.05) is 0 Å². The highest BCUT2D eigenvalue weighted by atomic mass is 16.5. The van der Waals surface area contributed by atoms with Crippen molar-refractivity contribution in [2.75, 3.05) is 25.6 Å². The average Bonchev–Trinajstić information content (AvgIpc) is 2.72. The number of aromatic nitrogens is 4. The van der Waals surface area contributed by atoms with Crippen molar-refractivity contribution in [1.29, 1.82) is 0 Å². The average molecular weight is 235 g/mol. The molecule has 1 unspecified atom stereocenters. The molecular weight excluding hydrogens is 218 g/mol. The lowest BCUT2D eigenvalue weighted by Crippen LogP contribution is -2.12. The fraction of sp³-hybridized carbons (Fsp3) is 0.545. The summed E-state index contributed by atoms with van der Waals surface area (Å²) in [6, 6.07) is 0. The summed E-state index contributed by atoms with van der Waals surface area (Å²) in [7, 11) is 3.87. The Morgan fingerprint density at radius 1 is 1.35 bits per heavy atom. The fourth-order valence-corrected chi connectivity index (χ4v) is 1.75. The smallest absolute Gasteiger partial charge is 0.167 e. The highest BCUT2D eigenvalue weighted by Gasteiger charge is 2.14. The van der Waals surface area contributed by atoms with Crippen molar-refractivity contribution in [1.82, 2.24) is 19.5 Å². The third-order valence-corrected chi connectivity index (χ3v) is 2.56. The number of fused-ring (bicyclic) bond motifs is 1. The molecule has 0 amide bonds. The van der Waals surface area contributed by atoms with Gasteiger partial charge >= 0.3 is 0 Å². The van der Waals surface area contributed by atoms with Crippen molar-refractivity contribution >= 4 is 17.0 Å². The zero-order valence-corrected chi connectivity index (χ0v) is 10.6. The van der Waals surface area contributed by atoms with Crippen LogP contribution in [0, 0.1) is 0 Å². The van der Waals surface area contributed by atoms with E-state index in [-0.39, 0.29) is 6.23 Å². The highest BCUT2D eigenvalue weighted by Crippen LogP contribution is 2.22. The lowest BCUT2D eigenvalue weighted by atomic mass is 10.4. The summed E-state index contributed by atoms with van der Waals surface area (Å²) >= 11 is 0. The van der Waals surface area contributed by atoms with Crippen LogP contribution in [0.2, 0.25) is 0 Å². The molecule has 0 fully saturated rings. The van der Waals surface area contributed by atoms with Crippen molar-refractivity contribution in [3.63, 3.8) is 0 Å². The van der Waals surface area contributed by atoms with Crippen LogP contribution in [0.25, 0.3) is 11.2 Å². The summed E-state index contributed by atoms with van der Waals surface area (Å²) in [5.41, 5.74) is 1.59. The number of nitrogens with zero attached hydrogens (tertiary/aromatic N) is 5. The van der Waals surface area contributed by atoms with E-state index in [1.54, 1.807) is 12.7 Å². The molecule has 92 valence electrons. The van der Waals surface area contributed by atoms with Crippen LogP contribution in [-0.4, -0.2) is 40.2 Å². The number of anilines is 1. The summed E-state index contributed by atoms with van der Waals surface area (Å²) in [6.45, 7) is 4.60. The molecule has 0 aliphatic heterocycles. The van der Waals surface area contributed by atoms with E-state index in [9.17, 15) is 0 Å². The van der Waals surface area contributed by atoms with Crippen molar-refractivity contribution in [2.45, 2.75) is 20.1 Å². The Hall–Kier alpha value is -1.69. The van der Waals surface area contributed by atoms with Gasteiger partial charge in [-0.15, -0.1) is 0 Å². The number of ether oxygens (including phenoxy) is 1. The molecule has 0 aromatic carbocycles. The summed E-state index contributed by atoms with van der Waals surface area (Å²) in [4.78, 5) is 14.8. The van der Waals surface area contributed by atoms with Gasteiger partial charge in [0.1, 0.15) is 12.6 Å². The van der Waals surface area contributed by atoms with Crippen molar-refractivity contribution < 1.29 is 4.74 Å². The third kappa shape index (κ3) is 2.08. The number of hydrogen-bond acceptors (Lipinski definition) is 5. The van der Waals surface area contributed by atoms with Gasteiger partial charge in [0.2, 0.25) is 0 Å². The molecule has 0 aliphatic rings. The molecule has 0 bridgehead atoms. The molecule has 0 saturated carbocycles. The zero-order valence-electron chi connectivity index (χ0n) is 10.6. The SMILES string of the molecule is CCOC(C)n1cnc2c(N(C)C)ncnc21. The Bertz CT molecular complexity index is 508. The molecule has 0 N–H and O–H groups in total. The second-order valence-electron chi connectivity index (χ2n) is 3.97.